The van der Waals surface area contributed by atoms with E-state index >= 15 is 0 Å². The summed E-state index contributed by atoms with van der Waals surface area (Å²) >= 11 is 0. The molecule has 4 heterocycles. The van der Waals surface area contributed by atoms with Gasteiger partial charge < -0.3 is 24.2 Å². The molecule has 0 saturated heterocycles. The number of carbonyl (C=O) groups is 4. The number of Topliss-reactive ketones (excluding diaryl/α,β-unsaturated/α-hetero) is 1. The quantitative estimate of drug-likeness (QED) is 0.353. The minimum absolute atomic E-state index is 0.0232. The number of hydrogen-bond donors (Lipinski definition) is 1. The largest absolute Gasteiger partial charge is 0.457 e. The Morgan fingerprint density at radius 2 is 1.95 bits per heavy atom. The summed E-state index contributed by atoms with van der Waals surface area (Å²) in [4.78, 5) is 67.3. The number of nitrogens with zero attached hydrogens (tertiary/aromatic N) is 2. The maximum Gasteiger partial charge on any atom is 0.355 e. The van der Waals surface area contributed by atoms with E-state index in [4.69, 9.17) is 14.5 Å². The Morgan fingerprint density at radius 1 is 1.16 bits per heavy atom. The van der Waals surface area contributed by atoms with E-state index in [-0.39, 0.29) is 48.3 Å². The molecule has 2 aliphatic heterocycles. The fourth-order valence-electron chi connectivity index (χ4n) is 5.07. The van der Waals surface area contributed by atoms with Crippen LogP contribution < -0.4 is 10.9 Å². The van der Waals surface area contributed by atoms with E-state index in [0.29, 0.717) is 24.4 Å². The average molecular weight is 518 g/mol. The average Bonchev–Trinajstić information content (AvgIpc) is 3.25. The van der Waals surface area contributed by atoms with Crippen molar-refractivity contribution in [1.29, 1.82) is 0 Å². The van der Waals surface area contributed by atoms with E-state index in [1.165, 1.54) is 6.92 Å². The Bertz CT molecular complexity index is 1560. The zero-order chi connectivity index (χ0) is 27.0. The summed E-state index contributed by atoms with van der Waals surface area (Å²) in [5.74, 6) is -2.05. The first kappa shape index (κ1) is 25.3. The van der Waals surface area contributed by atoms with Crippen molar-refractivity contribution in [2.75, 3.05) is 6.54 Å². The fraction of sp³-hybridized carbons (Fsp3) is 0.357. The van der Waals surface area contributed by atoms with Crippen LogP contribution in [-0.4, -0.2) is 39.7 Å². The lowest BCUT2D eigenvalue weighted by molar-refractivity contribution is -0.189. The summed E-state index contributed by atoms with van der Waals surface area (Å²) < 4.78 is 12.6. The molecule has 3 aromatic rings. The van der Waals surface area contributed by atoms with E-state index in [0.717, 1.165) is 16.5 Å². The molecular weight excluding hydrogens is 490 g/mol. The van der Waals surface area contributed by atoms with Gasteiger partial charge in [0.15, 0.2) is 0 Å². The Morgan fingerprint density at radius 3 is 2.71 bits per heavy atom. The number of esters is 2. The number of ether oxygens (including phenoxy) is 2. The van der Waals surface area contributed by atoms with Crippen LogP contribution in [0.25, 0.3) is 22.3 Å². The number of fused-ring (bicyclic) bond motifs is 5. The molecule has 10 nitrogen and oxygen atoms in total. The SMILES string of the molecule is CCC1(OC(=O)CNC(=O)CCCC(C)=O)C(=O)OCc2c1cc1n(c2=O)Cc2cc3ccccc3nc2-1. The number of amides is 1. The number of aromatic nitrogens is 2. The third-order valence-corrected chi connectivity index (χ3v) is 7.04. The van der Waals surface area contributed by atoms with Gasteiger partial charge in [0.1, 0.15) is 18.9 Å². The summed E-state index contributed by atoms with van der Waals surface area (Å²) in [5, 5.41) is 3.41. The van der Waals surface area contributed by atoms with Crippen LogP contribution in [0.2, 0.25) is 0 Å². The minimum atomic E-state index is -1.83. The second-order valence-electron chi connectivity index (χ2n) is 9.56. The van der Waals surface area contributed by atoms with Gasteiger partial charge in [0, 0.05) is 29.4 Å². The minimum Gasteiger partial charge on any atom is -0.457 e. The molecular formula is C28H27N3O7. The molecule has 2 aliphatic rings. The van der Waals surface area contributed by atoms with Crippen molar-refractivity contribution in [1.82, 2.24) is 14.9 Å². The van der Waals surface area contributed by atoms with Crippen LogP contribution in [-0.2, 0) is 47.4 Å². The van der Waals surface area contributed by atoms with Gasteiger partial charge in [-0.05, 0) is 38.0 Å². The number of para-hydroxylation sites is 1. The van der Waals surface area contributed by atoms with E-state index < -0.39 is 30.0 Å². The van der Waals surface area contributed by atoms with Gasteiger partial charge >= 0.3 is 11.9 Å². The van der Waals surface area contributed by atoms with Gasteiger partial charge in [-0.3, -0.25) is 14.4 Å². The molecule has 0 aliphatic carbocycles. The Balaban J connectivity index is 1.46. The third kappa shape index (κ3) is 4.36. The van der Waals surface area contributed by atoms with Gasteiger partial charge in [0.05, 0.1) is 29.0 Å². The molecule has 2 aromatic heterocycles. The van der Waals surface area contributed by atoms with E-state index in [2.05, 4.69) is 5.32 Å². The van der Waals surface area contributed by atoms with Crippen LogP contribution in [0.1, 0.15) is 56.2 Å². The molecule has 1 unspecified atom stereocenters. The van der Waals surface area contributed by atoms with Gasteiger partial charge in [-0.2, -0.15) is 0 Å². The monoisotopic (exact) mass is 517 g/mol. The highest BCUT2D eigenvalue weighted by Crippen LogP contribution is 2.40. The third-order valence-electron chi connectivity index (χ3n) is 7.04. The van der Waals surface area contributed by atoms with Crippen molar-refractivity contribution in [3.8, 4) is 11.4 Å². The molecule has 0 fully saturated rings. The maximum atomic E-state index is 13.5. The van der Waals surface area contributed by atoms with Crippen LogP contribution in [0, 0.1) is 0 Å². The summed E-state index contributed by atoms with van der Waals surface area (Å²) in [5.41, 5.74) is 1.18. The predicted molar refractivity (Wildman–Crippen MR) is 136 cm³/mol. The number of nitrogens with one attached hydrogen (secondary N) is 1. The first-order chi connectivity index (χ1) is 18.2. The lowest BCUT2D eigenvalue weighted by Crippen LogP contribution is -2.48. The molecule has 0 saturated carbocycles. The molecule has 5 rings (SSSR count). The van der Waals surface area contributed by atoms with E-state index in [9.17, 15) is 24.0 Å². The number of pyridine rings is 2. The molecule has 1 atom stereocenters. The first-order valence-corrected chi connectivity index (χ1v) is 12.5. The molecule has 0 radical (unpaired) electrons. The van der Waals surface area contributed by atoms with Crippen LogP contribution in [0.3, 0.4) is 0 Å². The number of rotatable bonds is 8. The van der Waals surface area contributed by atoms with Gasteiger partial charge in [-0.25, -0.2) is 9.78 Å². The van der Waals surface area contributed by atoms with Gasteiger partial charge in [-0.1, -0.05) is 25.1 Å². The molecule has 1 N–H and O–H groups in total. The highest BCUT2D eigenvalue weighted by molar-refractivity contribution is 5.89. The second kappa shape index (κ2) is 9.85. The molecule has 196 valence electrons. The number of cyclic esters (lactones) is 1. The van der Waals surface area contributed by atoms with Crippen molar-refractivity contribution in [2.24, 2.45) is 0 Å². The van der Waals surface area contributed by atoms with Crippen molar-refractivity contribution in [3.63, 3.8) is 0 Å². The zero-order valence-electron chi connectivity index (χ0n) is 21.2. The smallest absolute Gasteiger partial charge is 0.355 e. The first-order valence-electron chi connectivity index (χ1n) is 12.5. The fourth-order valence-corrected chi connectivity index (χ4v) is 5.07. The lowest BCUT2D eigenvalue weighted by Gasteiger charge is -2.35. The van der Waals surface area contributed by atoms with Gasteiger partial charge in [0.2, 0.25) is 11.5 Å². The molecule has 0 spiro atoms. The highest BCUT2D eigenvalue weighted by atomic mass is 16.6. The van der Waals surface area contributed by atoms with Crippen molar-refractivity contribution < 1.29 is 28.7 Å². The van der Waals surface area contributed by atoms with Crippen molar-refractivity contribution >= 4 is 34.5 Å². The van der Waals surface area contributed by atoms with Crippen LogP contribution >= 0.6 is 0 Å². The predicted octanol–water partition coefficient (Wildman–Crippen LogP) is 2.51. The Labute approximate surface area is 218 Å². The van der Waals surface area contributed by atoms with Gasteiger partial charge in [-0.15, -0.1) is 0 Å². The van der Waals surface area contributed by atoms with Crippen LogP contribution in [0.15, 0.2) is 41.2 Å². The molecule has 1 amide bonds. The van der Waals surface area contributed by atoms with Crippen LogP contribution in [0.5, 0.6) is 0 Å². The van der Waals surface area contributed by atoms with Crippen molar-refractivity contribution in [3.05, 3.63) is 63.4 Å². The molecule has 10 heteroatoms. The summed E-state index contributed by atoms with van der Waals surface area (Å²) in [6, 6.07) is 11.3. The maximum absolute atomic E-state index is 13.5. The molecule has 38 heavy (non-hydrogen) atoms. The standard InChI is InChI=1S/C28H27N3O7/c1-3-28(38-24(34)13-29-23(33)10-6-7-16(2)32)20-12-22-25-18(11-17-8-4-5-9-21(17)30-25)14-31(22)26(35)19(20)15-37-27(28)36/h4-5,8-9,11-12H,3,6-7,10,13-15H2,1-2H3,(H,29,33). The number of hydrogen-bond acceptors (Lipinski definition) is 8. The topological polar surface area (TPSA) is 134 Å². The zero-order valence-corrected chi connectivity index (χ0v) is 21.2. The van der Waals surface area contributed by atoms with E-state index in [1.807, 2.05) is 30.3 Å². The van der Waals surface area contributed by atoms with E-state index in [1.54, 1.807) is 17.6 Å². The van der Waals surface area contributed by atoms with Gasteiger partial charge in [0.25, 0.3) is 5.56 Å². The van der Waals surface area contributed by atoms with Crippen molar-refractivity contribution in [2.45, 2.75) is 58.3 Å². The molecule has 0 bridgehead atoms. The lowest BCUT2D eigenvalue weighted by atomic mass is 9.85. The number of benzene rings is 1. The highest BCUT2D eigenvalue weighted by Gasteiger charge is 2.50. The second-order valence-corrected chi connectivity index (χ2v) is 9.56. The summed E-state index contributed by atoms with van der Waals surface area (Å²) in [7, 11) is 0. The number of ketones is 1. The normalized spacial score (nSPS) is 17.3. The summed E-state index contributed by atoms with van der Waals surface area (Å²) in [6.07, 6.45) is 0.750. The summed E-state index contributed by atoms with van der Waals surface area (Å²) in [6.45, 7) is 2.74. The Hall–Kier alpha value is -4.34. The van der Waals surface area contributed by atoms with Crippen LogP contribution in [0.4, 0.5) is 0 Å². The number of carbonyl (C=O) groups excluding carboxylic acids is 4. The molecule has 1 aromatic carbocycles. The Kier molecular flexibility index (Phi) is 6.56.